The van der Waals surface area contributed by atoms with Gasteiger partial charge in [0.2, 0.25) is 0 Å². The lowest BCUT2D eigenvalue weighted by molar-refractivity contribution is -0.154. The van der Waals surface area contributed by atoms with Crippen molar-refractivity contribution in [2.75, 3.05) is 25.2 Å². The van der Waals surface area contributed by atoms with Crippen molar-refractivity contribution in [3.05, 3.63) is 95.6 Å². The first-order chi connectivity index (χ1) is 22.1. The molecular formula is C35H40N2O8S. The van der Waals surface area contributed by atoms with Crippen LogP contribution < -0.4 is 10.6 Å². The van der Waals surface area contributed by atoms with Crippen LogP contribution in [-0.2, 0) is 35.1 Å². The van der Waals surface area contributed by atoms with Gasteiger partial charge in [0.1, 0.15) is 31.5 Å². The molecule has 2 atom stereocenters. The summed E-state index contributed by atoms with van der Waals surface area (Å²) in [6.07, 6.45) is 0.489. The van der Waals surface area contributed by atoms with Crippen molar-refractivity contribution in [1.29, 1.82) is 0 Å². The molecule has 0 heterocycles. The first-order valence-electron chi connectivity index (χ1n) is 15.0. The molecule has 0 saturated carbocycles. The summed E-state index contributed by atoms with van der Waals surface area (Å²) in [5.74, 6) is -1.19. The zero-order valence-corrected chi connectivity index (χ0v) is 27.3. The highest BCUT2D eigenvalue weighted by atomic mass is 32.2. The van der Waals surface area contributed by atoms with Crippen LogP contribution in [0, 0.1) is 0 Å². The van der Waals surface area contributed by atoms with E-state index in [-0.39, 0.29) is 25.6 Å². The fourth-order valence-corrected chi connectivity index (χ4v) is 5.45. The van der Waals surface area contributed by atoms with Crippen molar-refractivity contribution in [2.24, 2.45) is 0 Å². The first-order valence-corrected chi connectivity index (χ1v) is 16.4. The molecule has 0 spiro atoms. The molecule has 4 rings (SSSR count). The molecule has 3 aromatic carbocycles. The summed E-state index contributed by atoms with van der Waals surface area (Å²) < 4.78 is 21.7. The van der Waals surface area contributed by atoms with E-state index < -0.39 is 48.4 Å². The van der Waals surface area contributed by atoms with Crippen molar-refractivity contribution < 1.29 is 38.1 Å². The zero-order valence-electron chi connectivity index (χ0n) is 26.4. The Morgan fingerprint density at radius 3 is 1.91 bits per heavy atom. The van der Waals surface area contributed by atoms with Gasteiger partial charge in [-0.2, -0.15) is 11.8 Å². The monoisotopic (exact) mass is 648 g/mol. The number of amides is 2. The SMILES string of the molecule is CSCC[C@@H](NC(=O)OCC1c2ccccc2-c2ccccc21)C(=O)OC[C@H](NC(=O)OC(C)(C)C)C(=O)OCc1ccccc1. The summed E-state index contributed by atoms with van der Waals surface area (Å²) in [7, 11) is 0. The van der Waals surface area contributed by atoms with Crippen molar-refractivity contribution in [1.82, 2.24) is 10.6 Å². The van der Waals surface area contributed by atoms with Gasteiger partial charge in [-0.1, -0.05) is 78.9 Å². The third-order valence-corrected chi connectivity index (χ3v) is 7.77. The lowest BCUT2D eigenvalue weighted by Crippen LogP contribution is -2.49. The molecule has 11 heteroatoms. The highest BCUT2D eigenvalue weighted by Gasteiger charge is 2.32. The van der Waals surface area contributed by atoms with Gasteiger partial charge < -0.3 is 29.6 Å². The number of hydrogen-bond acceptors (Lipinski definition) is 9. The Hall–Kier alpha value is -4.51. The number of nitrogens with one attached hydrogen (secondary N) is 2. The molecule has 10 nitrogen and oxygen atoms in total. The molecule has 0 saturated heterocycles. The van der Waals surface area contributed by atoms with Crippen LogP contribution in [0.25, 0.3) is 11.1 Å². The van der Waals surface area contributed by atoms with E-state index in [2.05, 4.69) is 10.6 Å². The normalized spacial score (nSPS) is 13.4. The van der Waals surface area contributed by atoms with Gasteiger partial charge in [0.15, 0.2) is 6.04 Å². The molecule has 2 amide bonds. The number of alkyl carbamates (subject to hydrolysis) is 2. The number of fused-ring (bicyclic) bond motifs is 3. The minimum atomic E-state index is -1.35. The molecule has 0 aliphatic heterocycles. The maximum absolute atomic E-state index is 13.2. The number of thioether (sulfide) groups is 1. The third kappa shape index (κ3) is 9.74. The van der Waals surface area contributed by atoms with Gasteiger partial charge in [0, 0.05) is 5.92 Å². The van der Waals surface area contributed by atoms with Crippen molar-refractivity contribution in [3.8, 4) is 11.1 Å². The van der Waals surface area contributed by atoms with E-state index >= 15 is 0 Å². The lowest BCUT2D eigenvalue weighted by Gasteiger charge is -2.24. The number of ether oxygens (including phenoxy) is 4. The zero-order chi connectivity index (χ0) is 33.1. The van der Waals surface area contributed by atoms with Gasteiger partial charge in [-0.15, -0.1) is 0 Å². The minimum Gasteiger partial charge on any atom is -0.461 e. The second-order valence-corrected chi connectivity index (χ2v) is 12.7. The van der Waals surface area contributed by atoms with E-state index in [4.69, 9.17) is 18.9 Å². The molecule has 0 bridgehead atoms. The predicted molar refractivity (Wildman–Crippen MR) is 175 cm³/mol. The van der Waals surface area contributed by atoms with Crippen molar-refractivity contribution in [2.45, 2.75) is 57.4 Å². The standard InChI is InChI=1S/C35H40N2O8S/c1-35(2,3)45-34(41)37-30(32(39)42-20-23-12-6-5-7-13-23)22-43-31(38)29(18-19-46-4)36-33(40)44-21-28-26-16-10-8-14-24(26)25-15-9-11-17-27(25)28/h5-17,28-30H,18-22H2,1-4H3,(H,36,40)(H,37,41)/t29-,30+/m1/s1. The van der Waals surface area contributed by atoms with Gasteiger partial charge in [0.25, 0.3) is 0 Å². The summed E-state index contributed by atoms with van der Waals surface area (Å²) in [6.45, 7) is 4.55. The Morgan fingerprint density at radius 1 is 0.739 bits per heavy atom. The summed E-state index contributed by atoms with van der Waals surface area (Å²) >= 11 is 1.49. The fraction of sp³-hybridized carbons (Fsp3) is 0.371. The molecule has 0 aromatic heterocycles. The predicted octanol–water partition coefficient (Wildman–Crippen LogP) is 5.83. The summed E-state index contributed by atoms with van der Waals surface area (Å²) in [6, 6.07) is 22.6. The van der Waals surface area contributed by atoms with E-state index in [0.29, 0.717) is 5.75 Å². The maximum atomic E-state index is 13.2. The summed E-state index contributed by atoms with van der Waals surface area (Å²) in [5, 5.41) is 5.04. The molecule has 0 radical (unpaired) electrons. The van der Waals surface area contributed by atoms with E-state index in [1.807, 2.05) is 60.9 Å². The molecule has 46 heavy (non-hydrogen) atoms. The molecule has 1 aliphatic carbocycles. The second kappa shape index (κ2) is 16.2. The first kappa shape index (κ1) is 34.4. The maximum Gasteiger partial charge on any atom is 0.408 e. The average Bonchev–Trinajstić information content (AvgIpc) is 3.35. The topological polar surface area (TPSA) is 129 Å². The van der Waals surface area contributed by atoms with Gasteiger partial charge in [0.05, 0.1) is 0 Å². The Morgan fingerprint density at radius 2 is 1.30 bits per heavy atom. The third-order valence-electron chi connectivity index (χ3n) is 7.12. The van der Waals surface area contributed by atoms with Crippen LogP contribution in [0.15, 0.2) is 78.9 Å². The van der Waals surface area contributed by atoms with Crippen LogP contribution in [0.4, 0.5) is 9.59 Å². The molecular weight excluding hydrogens is 608 g/mol. The number of hydrogen-bond donors (Lipinski definition) is 2. The van der Waals surface area contributed by atoms with Crippen LogP contribution in [0.1, 0.15) is 49.8 Å². The van der Waals surface area contributed by atoms with E-state index in [1.165, 1.54) is 11.8 Å². The fourth-order valence-electron chi connectivity index (χ4n) is 4.98. The summed E-state index contributed by atoms with van der Waals surface area (Å²) in [5.41, 5.74) is 4.26. The summed E-state index contributed by atoms with van der Waals surface area (Å²) in [4.78, 5) is 51.6. The van der Waals surface area contributed by atoms with E-state index in [0.717, 1.165) is 27.8 Å². The van der Waals surface area contributed by atoms with Crippen LogP contribution in [0.5, 0.6) is 0 Å². The highest BCUT2D eigenvalue weighted by Crippen LogP contribution is 2.44. The number of carbonyl (C=O) groups excluding carboxylic acids is 4. The van der Waals surface area contributed by atoms with Gasteiger partial charge in [-0.25, -0.2) is 19.2 Å². The number of esters is 2. The Labute approximate surface area is 273 Å². The molecule has 1 aliphatic rings. The lowest BCUT2D eigenvalue weighted by atomic mass is 9.98. The van der Waals surface area contributed by atoms with Crippen LogP contribution in [0.2, 0.25) is 0 Å². The number of rotatable bonds is 13. The van der Waals surface area contributed by atoms with Crippen molar-refractivity contribution in [3.63, 3.8) is 0 Å². The Bertz CT molecular complexity index is 1460. The van der Waals surface area contributed by atoms with Crippen molar-refractivity contribution >= 4 is 35.9 Å². The quantitative estimate of drug-likeness (QED) is 0.174. The molecule has 0 unspecified atom stereocenters. The second-order valence-electron chi connectivity index (χ2n) is 11.7. The minimum absolute atomic E-state index is 0.0419. The Balaban J connectivity index is 1.37. The van der Waals surface area contributed by atoms with Gasteiger partial charge in [-0.05, 0) is 67.0 Å². The molecule has 0 fully saturated rings. The van der Waals surface area contributed by atoms with Crippen LogP contribution in [0.3, 0.4) is 0 Å². The van der Waals surface area contributed by atoms with E-state index in [1.54, 1.807) is 45.0 Å². The van der Waals surface area contributed by atoms with Crippen LogP contribution in [-0.4, -0.2) is 67.0 Å². The van der Waals surface area contributed by atoms with E-state index in [9.17, 15) is 19.2 Å². The number of benzene rings is 3. The van der Waals surface area contributed by atoms with Gasteiger partial charge >= 0.3 is 24.1 Å². The highest BCUT2D eigenvalue weighted by molar-refractivity contribution is 7.98. The Kier molecular flexibility index (Phi) is 12.1. The largest absolute Gasteiger partial charge is 0.461 e. The smallest absolute Gasteiger partial charge is 0.408 e. The van der Waals surface area contributed by atoms with Gasteiger partial charge in [-0.3, -0.25) is 0 Å². The van der Waals surface area contributed by atoms with Crippen LogP contribution >= 0.6 is 11.8 Å². The average molecular weight is 649 g/mol. The molecule has 3 aromatic rings. The molecule has 2 N–H and O–H groups in total. The number of carbonyl (C=O) groups is 4. The molecule has 244 valence electrons.